The Morgan fingerprint density at radius 3 is 2.56 bits per heavy atom. The van der Waals surface area contributed by atoms with E-state index in [0.717, 1.165) is 42.7 Å². The van der Waals surface area contributed by atoms with E-state index in [1.807, 2.05) is 43.9 Å². The quantitative estimate of drug-likeness (QED) is 0.838. The van der Waals surface area contributed by atoms with Crippen LogP contribution in [0.5, 0.6) is 0 Å². The molecule has 144 valence electrons. The summed E-state index contributed by atoms with van der Waals surface area (Å²) in [7, 11) is 0. The third kappa shape index (κ3) is 4.80. The Labute approximate surface area is 164 Å². The number of carbonyl (C=O) groups excluding carboxylic acids is 1. The number of hydrogen-bond acceptors (Lipinski definition) is 5. The summed E-state index contributed by atoms with van der Waals surface area (Å²) in [5.41, 5.74) is 1.69. The van der Waals surface area contributed by atoms with E-state index < -0.39 is 0 Å². The van der Waals surface area contributed by atoms with E-state index in [-0.39, 0.29) is 6.03 Å². The van der Waals surface area contributed by atoms with Gasteiger partial charge in [-0.1, -0.05) is 17.7 Å². The number of rotatable bonds is 4. The molecule has 0 unspecified atom stereocenters. The minimum Gasteiger partial charge on any atom is -0.370 e. The molecule has 0 saturated carbocycles. The van der Waals surface area contributed by atoms with Crippen LogP contribution in [0.3, 0.4) is 0 Å². The molecule has 2 heterocycles. The summed E-state index contributed by atoms with van der Waals surface area (Å²) in [6.07, 6.45) is 0. The fourth-order valence-electron chi connectivity index (χ4n) is 3.00. The highest BCUT2D eigenvalue weighted by Gasteiger charge is 2.22. The van der Waals surface area contributed by atoms with Gasteiger partial charge >= 0.3 is 6.03 Å². The number of carbonyl (C=O) groups is 1. The second-order valence-corrected chi connectivity index (χ2v) is 6.96. The van der Waals surface area contributed by atoms with E-state index in [4.69, 9.17) is 11.6 Å². The Kier molecular flexibility index (Phi) is 6.01. The van der Waals surface area contributed by atoms with Crippen molar-refractivity contribution in [2.45, 2.75) is 20.8 Å². The third-order valence-electron chi connectivity index (χ3n) is 4.50. The van der Waals surface area contributed by atoms with Crippen molar-refractivity contribution in [1.29, 1.82) is 0 Å². The normalized spacial score (nSPS) is 14.2. The van der Waals surface area contributed by atoms with Gasteiger partial charge in [0.15, 0.2) is 0 Å². The number of halogens is 1. The highest BCUT2D eigenvalue weighted by atomic mass is 35.5. The molecular formula is C19H25ClN6O. The van der Waals surface area contributed by atoms with Gasteiger partial charge in [0.2, 0.25) is 0 Å². The zero-order valence-electron chi connectivity index (χ0n) is 15.9. The Bertz CT molecular complexity index is 820. The summed E-state index contributed by atoms with van der Waals surface area (Å²) in [6, 6.07) is 7.38. The molecule has 7 nitrogen and oxygen atoms in total. The molecule has 1 aliphatic rings. The average molecular weight is 389 g/mol. The van der Waals surface area contributed by atoms with Crippen LogP contribution >= 0.6 is 11.6 Å². The zero-order valence-corrected chi connectivity index (χ0v) is 16.7. The fourth-order valence-corrected chi connectivity index (χ4v) is 3.18. The molecule has 0 bridgehead atoms. The molecule has 0 aliphatic carbocycles. The number of benzene rings is 1. The molecule has 2 N–H and O–H groups in total. The highest BCUT2D eigenvalue weighted by Crippen LogP contribution is 2.21. The molecule has 2 amide bonds. The first kappa shape index (κ1) is 19.2. The molecule has 1 aliphatic heterocycles. The predicted octanol–water partition coefficient (Wildman–Crippen LogP) is 3.53. The molecule has 27 heavy (non-hydrogen) atoms. The number of piperazine rings is 1. The van der Waals surface area contributed by atoms with E-state index in [2.05, 4.69) is 25.5 Å². The second kappa shape index (κ2) is 8.43. The Balaban J connectivity index is 1.59. The van der Waals surface area contributed by atoms with Crippen molar-refractivity contribution in [2.75, 3.05) is 48.3 Å². The van der Waals surface area contributed by atoms with Crippen LogP contribution in [0.1, 0.15) is 18.3 Å². The van der Waals surface area contributed by atoms with Gasteiger partial charge in [-0.15, -0.1) is 0 Å². The summed E-state index contributed by atoms with van der Waals surface area (Å²) in [5, 5.41) is 6.79. The molecule has 0 spiro atoms. The first-order valence-electron chi connectivity index (χ1n) is 9.13. The fraction of sp³-hybridized carbons (Fsp3) is 0.421. The molecule has 1 fully saturated rings. The molecule has 3 rings (SSSR count). The molecule has 8 heteroatoms. The van der Waals surface area contributed by atoms with Gasteiger partial charge in [0, 0.05) is 49.5 Å². The number of hydrogen-bond donors (Lipinski definition) is 2. The Hall–Kier alpha value is -2.54. The van der Waals surface area contributed by atoms with E-state index in [1.54, 1.807) is 6.07 Å². The van der Waals surface area contributed by atoms with E-state index in [9.17, 15) is 4.79 Å². The molecule has 1 aromatic carbocycles. The van der Waals surface area contributed by atoms with Gasteiger partial charge in [0.25, 0.3) is 0 Å². The maximum Gasteiger partial charge on any atom is 0.321 e. The Morgan fingerprint density at radius 2 is 1.89 bits per heavy atom. The van der Waals surface area contributed by atoms with Crippen molar-refractivity contribution < 1.29 is 4.79 Å². The lowest BCUT2D eigenvalue weighted by Crippen LogP contribution is -2.50. The maximum atomic E-state index is 12.5. The van der Waals surface area contributed by atoms with E-state index in [1.165, 1.54) is 0 Å². The zero-order chi connectivity index (χ0) is 19.4. The van der Waals surface area contributed by atoms with Gasteiger partial charge in [-0.2, -0.15) is 0 Å². The van der Waals surface area contributed by atoms with Crippen molar-refractivity contribution in [1.82, 2.24) is 14.9 Å². The van der Waals surface area contributed by atoms with Gasteiger partial charge in [0.05, 0.1) is 0 Å². The number of aromatic nitrogens is 2. The van der Waals surface area contributed by atoms with Crippen molar-refractivity contribution in [2.24, 2.45) is 0 Å². The standard InChI is InChI=1S/C19H25ClN6O/c1-4-21-17-12-18(23-14(3)22-17)25-7-9-26(10-8-25)19(27)24-15-6-5-13(2)16(20)11-15/h5-6,11-12H,4,7-10H2,1-3H3,(H,24,27)(H,21,22,23). The summed E-state index contributed by atoms with van der Waals surface area (Å²) in [6.45, 7) is 9.39. The summed E-state index contributed by atoms with van der Waals surface area (Å²) in [4.78, 5) is 25.4. The lowest BCUT2D eigenvalue weighted by atomic mass is 10.2. The third-order valence-corrected chi connectivity index (χ3v) is 4.90. The van der Waals surface area contributed by atoms with E-state index in [0.29, 0.717) is 23.8 Å². The van der Waals surface area contributed by atoms with Gasteiger partial charge in [0.1, 0.15) is 17.5 Å². The number of nitrogens with one attached hydrogen (secondary N) is 2. The molecule has 2 aromatic rings. The van der Waals surface area contributed by atoms with Gasteiger partial charge in [-0.25, -0.2) is 14.8 Å². The topological polar surface area (TPSA) is 73.4 Å². The molecule has 1 aromatic heterocycles. The first-order valence-corrected chi connectivity index (χ1v) is 9.50. The summed E-state index contributed by atoms with van der Waals surface area (Å²) >= 11 is 6.13. The number of anilines is 3. The number of nitrogens with zero attached hydrogens (tertiary/aromatic N) is 4. The van der Waals surface area contributed by atoms with Crippen molar-refractivity contribution in [3.8, 4) is 0 Å². The summed E-state index contributed by atoms with van der Waals surface area (Å²) in [5.74, 6) is 2.46. The monoisotopic (exact) mass is 388 g/mol. The first-order chi connectivity index (χ1) is 13.0. The van der Waals surface area contributed by atoms with Crippen LogP contribution in [0.2, 0.25) is 5.02 Å². The van der Waals surface area contributed by atoms with Crippen LogP contribution in [0.25, 0.3) is 0 Å². The maximum absolute atomic E-state index is 12.5. The van der Waals surface area contributed by atoms with E-state index >= 15 is 0 Å². The van der Waals surface area contributed by atoms with Crippen LogP contribution < -0.4 is 15.5 Å². The number of urea groups is 1. The average Bonchev–Trinajstić information content (AvgIpc) is 2.65. The van der Waals surface area contributed by atoms with Gasteiger partial charge < -0.3 is 20.4 Å². The van der Waals surface area contributed by atoms with Crippen molar-refractivity contribution in [3.63, 3.8) is 0 Å². The van der Waals surface area contributed by atoms with Gasteiger partial charge in [-0.05, 0) is 38.5 Å². The summed E-state index contributed by atoms with van der Waals surface area (Å²) < 4.78 is 0. The smallest absolute Gasteiger partial charge is 0.321 e. The number of amides is 2. The molecular weight excluding hydrogens is 364 g/mol. The molecule has 1 saturated heterocycles. The van der Waals surface area contributed by atoms with Crippen LogP contribution in [0.15, 0.2) is 24.3 Å². The number of aryl methyl sites for hydroxylation is 2. The van der Waals surface area contributed by atoms with Crippen LogP contribution in [-0.4, -0.2) is 53.6 Å². The van der Waals surface area contributed by atoms with Crippen molar-refractivity contribution in [3.05, 3.63) is 40.7 Å². The van der Waals surface area contributed by atoms with Crippen LogP contribution in [0.4, 0.5) is 22.1 Å². The predicted molar refractivity (Wildman–Crippen MR) is 110 cm³/mol. The largest absolute Gasteiger partial charge is 0.370 e. The Morgan fingerprint density at radius 1 is 1.15 bits per heavy atom. The minimum atomic E-state index is -0.109. The SMILES string of the molecule is CCNc1cc(N2CCN(C(=O)Nc3ccc(C)c(Cl)c3)CC2)nc(C)n1. The van der Waals surface area contributed by atoms with Gasteiger partial charge in [-0.3, -0.25) is 0 Å². The molecule has 0 atom stereocenters. The molecule has 0 radical (unpaired) electrons. The highest BCUT2D eigenvalue weighted by molar-refractivity contribution is 6.31. The lowest BCUT2D eigenvalue weighted by Gasteiger charge is -2.35. The lowest BCUT2D eigenvalue weighted by molar-refractivity contribution is 0.208. The second-order valence-electron chi connectivity index (χ2n) is 6.56. The van der Waals surface area contributed by atoms with Crippen LogP contribution in [0, 0.1) is 13.8 Å². The van der Waals surface area contributed by atoms with Crippen molar-refractivity contribution >= 4 is 35.0 Å². The van der Waals surface area contributed by atoms with Crippen LogP contribution in [-0.2, 0) is 0 Å². The minimum absolute atomic E-state index is 0.109.